The molecule has 0 aliphatic carbocycles. The van der Waals surface area contributed by atoms with Gasteiger partial charge in [0.05, 0.1) is 67.8 Å². The third kappa shape index (κ3) is 7.49. The molecule has 70 heavy (non-hydrogen) atoms. The van der Waals surface area contributed by atoms with Gasteiger partial charge in [0.1, 0.15) is 0 Å². The van der Waals surface area contributed by atoms with Gasteiger partial charge < -0.3 is 19.8 Å². The number of nitrogens with one attached hydrogen (secondary N) is 2. The van der Waals surface area contributed by atoms with Gasteiger partial charge in [-0.2, -0.15) is 36.9 Å². The third-order valence-corrected chi connectivity index (χ3v) is 12.6. The predicted molar refractivity (Wildman–Crippen MR) is 265 cm³/mol. The largest absolute Gasteiger partial charge is 0.416 e. The first-order valence-corrected chi connectivity index (χ1v) is 22.0. The molecule has 11 aromatic rings. The van der Waals surface area contributed by atoms with E-state index in [9.17, 15) is 36.9 Å². The Kier molecular flexibility index (Phi) is 10.4. The summed E-state index contributed by atoms with van der Waals surface area (Å²) in [4.78, 5) is 0. The van der Waals surface area contributed by atoms with E-state index >= 15 is 0 Å². The number of benzene rings is 9. The van der Waals surface area contributed by atoms with Gasteiger partial charge in [-0.25, -0.2) is 0 Å². The Bertz CT molecular complexity index is 3780. The molecule has 0 fully saturated rings. The summed E-state index contributed by atoms with van der Waals surface area (Å²) in [6.45, 7) is 0. The Morgan fingerprint density at radius 3 is 1.06 bits per heavy atom. The quantitative estimate of drug-likeness (QED) is 0.149. The Balaban J connectivity index is 1.34. The number of fused-ring (bicyclic) bond motifs is 6. The summed E-state index contributed by atoms with van der Waals surface area (Å²) < 4.78 is 91.2. The van der Waals surface area contributed by atoms with Crippen molar-refractivity contribution in [3.05, 3.63) is 216 Å². The summed E-state index contributed by atoms with van der Waals surface area (Å²) in [6.07, 6.45) is -9.64. The molecule has 0 amide bonds. The second-order valence-electron chi connectivity index (χ2n) is 16.7. The van der Waals surface area contributed by atoms with E-state index in [1.165, 1.54) is 12.1 Å². The summed E-state index contributed by atoms with van der Waals surface area (Å²) >= 11 is 0. The molecule has 0 bridgehead atoms. The highest BCUT2D eigenvalue weighted by atomic mass is 19.4. The highest BCUT2D eigenvalue weighted by Crippen LogP contribution is 2.49. The van der Waals surface area contributed by atoms with Crippen LogP contribution in [0.5, 0.6) is 0 Å². The van der Waals surface area contributed by atoms with Crippen LogP contribution >= 0.6 is 0 Å². The second-order valence-corrected chi connectivity index (χ2v) is 16.7. The van der Waals surface area contributed by atoms with Crippen molar-refractivity contribution in [3.8, 4) is 45.8 Å². The minimum atomic E-state index is -4.82. The summed E-state index contributed by atoms with van der Waals surface area (Å²) in [5.74, 6) is 0. The van der Waals surface area contributed by atoms with E-state index in [2.05, 4.69) is 22.8 Å². The summed E-state index contributed by atoms with van der Waals surface area (Å²) in [7, 11) is 0. The topological polar surface area (TPSA) is 81.5 Å². The van der Waals surface area contributed by atoms with Gasteiger partial charge in [-0.05, 0) is 109 Å². The molecular weight excluding hydrogens is 895 g/mol. The van der Waals surface area contributed by atoms with E-state index in [-0.39, 0.29) is 27.4 Å². The predicted octanol–water partition coefficient (Wildman–Crippen LogP) is 16.5. The SMILES string of the molecule is N#Cc1ccccc1-c1ccc(-c2ccccc2C#N)c(-n2c3ccc(C(F)(F)F)cc3c3cc(C(F)(F)F)ccc32)c1-n1c2ccc(Nc3ccccc3)cc2c2cc(Nc3ccccc3)ccc21. The van der Waals surface area contributed by atoms with Gasteiger partial charge in [-0.3, -0.25) is 0 Å². The number of alkyl halides is 6. The maximum Gasteiger partial charge on any atom is 0.416 e. The fraction of sp³-hybridized carbons (Fsp3) is 0.0345. The first kappa shape index (κ1) is 43.3. The summed E-state index contributed by atoms with van der Waals surface area (Å²) in [5, 5.41) is 29.8. The van der Waals surface area contributed by atoms with E-state index in [1.807, 2.05) is 108 Å². The van der Waals surface area contributed by atoms with E-state index in [0.717, 1.165) is 57.8 Å². The highest BCUT2D eigenvalue weighted by Gasteiger charge is 2.35. The van der Waals surface area contributed by atoms with Crippen LogP contribution in [0.4, 0.5) is 49.1 Å². The Labute approximate surface area is 396 Å². The maximum atomic E-state index is 14.6. The second kappa shape index (κ2) is 16.8. The molecule has 12 heteroatoms. The van der Waals surface area contributed by atoms with Crippen molar-refractivity contribution in [2.24, 2.45) is 0 Å². The monoisotopic (exact) mass is 928 g/mol. The zero-order valence-electron chi connectivity index (χ0n) is 36.5. The molecule has 2 N–H and O–H groups in total. The lowest BCUT2D eigenvalue weighted by atomic mass is 9.91. The van der Waals surface area contributed by atoms with Gasteiger partial charge in [0.15, 0.2) is 0 Å². The van der Waals surface area contributed by atoms with Gasteiger partial charge in [0.25, 0.3) is 0 Å². The third-order valence-electron chi connectivity index (χ3n) is 12.6. The standard InChI is InChI=1S/C58H34F6N6/c59-57(60,61)37-19-25-51-47(29-37)48-30-38(58(62,63)64)20-26-52(48)69(51)55-45(43-17-9-7-11-35(43)33-65)23-24-46(44-18-10-8-12-36(44)34-66)56(55)70-53-27-21-41(67-39-13-3-1-4-14-39)31-49(53)50-32-42(22-28-54(50)70)68-40-15-5-2-6-16-40/h1-32,67-68H. The number of hydrogen-bond donors (Lipinski definition) is 2. The maximum absolute atomic E-state index is 14.6. The smallest absolute Gasteiger partial charge is 0.356 e. The molecule has 0 unspecified atom stereocenters. The van der Waals surface area contributed by atoms with Gasteiger partial charge in [0.2, 0.25) is 0 Å². The van der Waals surface area contributed by atoms with Crippen molar-refractivity contribution < 1.29 is 26.3 Å². The van der Waals surface area contributed by atoms with Crippen LogP contribution < -0.4 is 10.6 Å². The van der Waals surface area contributed by atoms with Crippen LogP contribution in [0.2, 0.25) is 0 Å². The van der Waals surface area contributed by atoms with Crippen LogP contribution in [0.1, 0.15) is 22.3 Å². The summed E-state index contributed by atoms with van der Waals surface area (Å²) in [6, 6.07) is 59.6. The van der Waals surface area contributed by atoms with Crippen LogP contribution in [0.25, 0.3) is 77.2 Å². The van der Waals surface area contributed by atoms with Gasteiger partial charge in [-0.1, -0.05) is 84.9 Å². The Morgan fingerprint density at radius 1 is 0.343 bits per heavy atom. The molecule has 0 aliphatic rings. The number of rotatable bonds is 8. The number of halogens is 6. The lowest BCUT2D eigenvalue weighted by Gasteiger charge is -2.25. The molecule has 2 aromatic heterocycles. The van der Waals surface area contributed by atoms with E-state index in [1.54, 1.807) is 59.2 Å². The van der Waals surface area contributed by atoms with E-state index in [4.69, 9.17) is 0 Å². The normalized spacial score (nSPS) is 11.8. The van der Waals surface area contributed by atoms with Gasteiger partial charge in [0, 0.05) is 66.5 Å². The molecule has 338 valence electrons. The van der Waals surface area contributed by atoms with Crippen molar-refractivity contribution in [3.63, 3.8) is 0 Å². The molecule has 0 radical (unpaired) electrons. The minimum absolute atomic E-state index is 0.0697. The fourth-order valence-electron chi connectivity index (χ4n) is 9.51. The van der Waals surface area contributed by atoms with Crippen LogP contribution in [-0.4, -0.2) is 9.13 Å². The molecule has 2 heterocycles. The number of hydrogen-bond acceptors (Lipinski definition) is 4. The first-order chi connectivity index (χ1) is 33.9. The summed E-state index contributed by atoms with van der Waals surface area (Å²) in [5.41, 5.74) is 6.22. The number of anilines is 4. The number of aromatic nitrogens is 2. The zero-order valence-corrected chi connectivity index (χ0v) is 36.5. The van der Waals surface area contributed by atoms with Crippen LogP contribution in [-0.2, 0) is 12.4 Å². The highest BCUT2D eigenvalue weighted by molar-refractivity contribution is 6.15. The molecule has 6 nitrogen and oxygen atoms in total. The van der Waals surface area contributed by atoms with Crippen molar-refractivity contribution in [2.45, 2.75) is 12.4 Å². The number of nitriles is 2. The van der Waals surface area contributed by atoms with Crippen molar-refractivity contribution in [1.29, 1.82) is 10.5 Å². The molecule has 11 rings (SSSR count). The molecule has 0 atom stereocenters. The van der Waals surface area contributed by atoms with Crippen molar-refractivity contribution in [2.75, 3.05) is 10.6 Å². The molecule has 0 spiro atoms. The van der Waals surface area contributed by atoms with Crippen LogP contribution in [0.15, 0.2) is 194 Å². The Morgan fingerprint density at radius 2 is 0.686 bits per heavy atom. The van der Waals surface area contributed by atoms with Gasteiger partial charge >= 0.3 is 12.4 Å². The Hall–Kier alpha value is -9.26. The van der Waals surface area contributed by atoms with E-state index < -0.39 is 23.5 Å². The number of nitrogens with zero attached hydrogens (tertiary/aromatic N) is 4. The lowest BCUT2D eigenvalue weighted by Crippen LogP contribution is -2.09. The molecule has 0 aliphatic heterocycles. The molecule has 0 saturated heterocycles. The average molecular weight is 929 g/mol. The minimum Gasteiger partial charge on any atom is -0.356 e. The van der Waals surface area contributed by atoms with Crippen LogP contribution in [0.3, 0.4) is 0 Å². The molecular formula is C58H34F6N6. The number of para-hydroxylation sites is 2. The molecule has 9 aromatic carbocycles. The fourth-order valence-corrected chi connectivity index (χ4v) is 9.51. The molecule has 0 saturated carbocycles. The zero-order chi connectivity index (χ0) is 48.3. The lowest BCUT2D eigenvalue weighted by molar-refractivity contribution is -0.138. The van der Waals surface area contributed by atoms with Gasteiger partial charge in [-0.15, -0.1) is 0 Å². The average Bonchev–Trinajstić information content (AvgIpc) is 3.87. The van der Waals surface area contributed by atoms with Crippen LogP contribution in [0, 0.1) is 22.7 Å². The first-order valence-electron chi connectivity index (χ1n) is 22.0. The van der Waals surface area contributed by atoms with Crippen molar-refractivity contribution >= 4 is 66.4 Å². The van der Waals surface area contributed by atoms with Crippen molar-refractivity contribution in [1.82, 2.24) is 9.13 Å². The van der Waals surface area contributed by atoms with E-state index in [0.29, 0.717) is 50.2 Å².